The Labute approximate surface area is 166 Å². The fourth-order valence-electron chi connectivity index (χ4n) is 2.12. The zero-order valence-corrected chi connectivity index (χ0v) is 17.2. The van der Waals surface area contributed by atoms with E-state index in [4.69, 9.17) is 0 Å². The van der Waals surface area contributed by atoms with Gasteiger partial charge in [0, 0.05) is 18.5 Å². The highest BCUT2D eigenvalue weighted by Gasteiger charge is 2.29. The number of nitrogens with zero attached hydrogens (tertiary/aromatic N) is 2. The lowest BCUT2D eigenvalue weighted by Gasteiger charge is -2.12. The summed E-state index contributed by atoms with van der Waals surface area (Å²) in [4.78, 5) is 9.60. The van der Waals surface area contributed by atoms with Crippen molar-refractivity contribution in [3.63, 3.8) is 0 Å². The largest absolute Gasteiger partial charge is 0.416 e. The Balaban J connectivity index is 0.00000312. The number of nitrogens with one attached hydrogen (secondary N) is 2. The molecule has 0 aliphatic heterocycles. The van der Waals surface area contributed by atoms with E-state index in [9.17, 15) is 13.2 Å². The van der Waals surface area contributed by atoms with Crippen LogP contribution in [0.4, 0.5) is 13.2 Å². The lowest BCUT2D eigenvalue weighted by Crippen LogP contribution is -2.36. The molecule has 0 fully saturated rings. The monoisotopic (exact) mass is 484 g/mol. The van der Waals surface area contributed by atoms with Crippen molar-refractivity contribution in [1.82, 2.24) is 15.6 Å². The summed E-state index contributed by atoms with van der Waals surface area (Å²) in [6.45, 7) is 4.90. The van der Waals surface area contributed by atoms with Crippen LogP contribution in [-0.4, -0.2) is 18.0 Å². The summed E-state index contributed by atoms with van der Waals surface area (Å²) in [6, 6.07) is 5.08. The fourth-order valence-corrected chi connectivity index (χ4v) is 3.00. The van der Waals surface area contributed by atoms with E-state index >= 15 is 0 Å². The van der Waals surface area contributed by atoms with Crippen molar-refractivity contribution >= 4 is 41.3 Å². The van der Waals surface area contributed by atoms with Crippen molar-refractivity contribution < 1.29 is 13.2 Å². The molecule has 1 heterocycles. The molecule has 0 amide bonds. The van der Waals surface area contributed by atoms with Crippen LogP contribution in [0.2, 0.25) is 0 Å². The topological polar surface area (TPSA) is 49.3 Å². The van der Waals surface area contributed by atoms with Crippen LogP contribution in [0.5, 0.6) is 0 Å². The number of hydrogen-bond acceptors (Lipinski definition) is 3. The van der Waals surface area contributed by atoms with E-state index in [1.807, 2.05) is 13.8 Å². The van der Waals surface area contributed by atoms with Gasteiger partial charge in [0.1, 0.15) is 0 Å². The van der Waals surface area contributed by atoms with Gasteiger partial charge in [-0.15, -0.1) is 35.3 Å². The first-order valence-corrected chi connectivity index (χ1v) is 8.15. The number of aryl methyl sites for hydroxylation is 2. The smallest absolute Gasteiger partial charge is 0.352 e. The van der Waals surface area contributed by atoms with Crippen molar-refractivity contribution in [1.29, 1.82) is 0 Å². The van der Waals surface area contributed by atoms with Crippen molar-refractivity contribution in [2.45, 2.75) is 33.1 Å². The molecule has 0 aliphatic carbocycles. The average Bonchev–Trinajstić information content (AvgIpc) is 2.85. The molecular formula is C16H20F3IN4S. The van der Waals surface area contributed by atoms with Crippen molar-refractivity contribution in [3.8, 4) is 0 Å². The van der Waals surface area contributed by atoms with Crippen LogP contribution in [0, 0.1) is 13.8 Å². The molecule has 4 nitrogen and oxygen atoms in total. The van der Waals surface area contributed by atoms with E-state index < -0.39 is 11.7 Å². The lowest BCUT2D eigenvalue weighted by molar-refractivity contribution is -0.137. The van der Waals surface area contributed by atoms with E-state index in [0.29, 0.717) is 19.0 Å². The predicted molar refractivity (Wildman–Crippen MR) is 105 cm³/mol. The molecule has 2 rings (SSSR count). The highest BCUT2D eigenvalue weighted by Crippen LogP contribution is 2.29. The number of halogens is 4. The van der Waals surface area contributed by atoms with Gasteiger partial charge in [-0.2, -0.15) is 13.2 Å². The third kappa shape index (κ3) is 6.46. The number of alkyl halides is 3. The summed E-state index contributed by atoms with van der Waals surface area (Å²) < 4.78 is 37.6. The number of aliphatic imine (C=N–C) groups is 1. The van der Waals surface area contributed by atoms with Crippen molar-refractivity contribution in [3.05, 3.63) is 51.0 Å². The number of aromatic nitrogens is 1. The Hall–Kier alpha value is -1.36. The molecule has 0 aliphatic rings. The van der Waals surface area contributed by atoms with Crippen LogP contribution >= 0.6 is 35.3 Å². The normalized spacial score (nSPS) is 11.8. The van der Waals surface area contributed by atoms with Gasteiger partial charge >= 0.3 is 6.18 Å². The van der Waals surface area contributed by atoms with E-state index in [2.05, 4.69) is 20.6 Å². The van der Waals surface area contributed by atoms with Gasteiger partial charge in [0.2, 0.25) is 0 Å². The molecule has 9 heteroatoms. The van der Waals surface area contributed by atoms with Gasteiger partial charge in [0.05, 0.1) is 22.8 Å². The maximum atomic E-state index is 12.5. The molecule has 2 N–H and O–H groups in total. The molecule has 2 aromatic rings. The van der Waals surface area contributed by atoms with E-state index in [1.54, 1.807) is 18.4 Å². The Kier molecular flexibility index (Phi) is 8.13. The number of thiazole rings is 1. The summed E-state index contributed by atoms with van der Waals surface area (Å²) in [5.41, 5.74) is 1.09. The fraction of sp³-hybridized carbons (Fsp3) is 0.375. The Morgan fingerprint density at radius 1 is 1.12 bits per heavy atom. The molecule has 1 aromatic carbocycles. The van der Waals surface area contributed by atoms with Gasteiger partial charge in [-0.3, -0.25) is 4.99 Å². The predicted octanol–water partition coefficient (Wildman–Crippen LogP) is 4.26. The maximum absolute atomic E-state index is 12.5. The van der Waals surface area contributed by atoms with Gasteiger partial charge in [-0.1, -0.05) is 12.1 Å². The second-order valence-electron chi connectivity index (χ2n) is 5.22. The highest BCUT2D eigenvalue weighted by molar-refractivity contribution is 14.0. The minimum Gasteiger partial charge on any atom is -0.352 e. The minimum absolute atomic E-state index is 0. The lowest BCUT2D eigenvalue weighted by atomic mass is 10.1. The Morgan fingerprint density at radius 2 is 1.72 bits per heavy atom. The molecule has 0 atom stereocenters. The third-order valence-electron chi connectivity index (χ3n) is 3.38. The van der Waals surface area contributed by atoms with E-state index in [0.717, 1.165) is 33.3 Å². The van der Waals surface area contributed by atoms with E-state index in [1.165, 1.54) is 12.1 Å². The van der Waals surface area contributed by atoms with Crippen LogP contribution in [0.15, 0.2) is 29.3 Å². The molecule has 138 valence electrons. The number of benzene rings is 1. The first-order valence-electron chi connectivity index (χ1n) is 7.33. The molecule has 25 heavy (non-hydrogen) atoms. The zero-order valence-electron chi connectivity index (χ0n) is 14.1. The molecule has 0 bridgehead atoms. The molecule has 0 saturated carbocycles. The van der Waals surface area contributed by atoms with Gasteiger partial charge in [0.25, 0.3) is 0 Å². The molecule has 1 aromatic heterocycles. The van der Waals surface area contributed by atoms with Crippen LogP contribution in [-0.2, 0) is 19.3 Å². The van der Waals surface area contributed by atoms with Gasteiger partial charge < -0.3 is 10.6 Å². The average molecular weight is 484 g/mol. The van der Waals surface area contributed by atoms with Crippen LogP contribution < -0.4 is 10.6 Å². The highest BCUT2D eigenvalue weighted by atomic mass is 127. The summed E-state index contributed by atoms with van der Waals surface area (Å²) in [7, 11) is 1.65. The summed E-state index contributed by atoms with van der Waals surface area (Å²) in [5.74, 6) is 0.584. The second-order valence-corrected chi connectivity index (χ2v) is 6.50. The van der Waals surface area contributed by atoms with Gasteiger partial charge in [0.15, 0.2) is 5.96 Å². The molecular weight excluding hydrogens is 464 g/mol. The number of guanidine groups is 1. The first kappa shape index (κ1) is 21.7. The summed E-state index contributed by atoms with van der Waals surface area (Å²) in [5, 5.41) is 7.27. The summed E-state index contributed by atoms with van der Waals surface area (Å²) in [6.07, 6.45) is -4.31. The van der Waals surface area contributed by atoms with Crippen LogP contribution in [0.25, 0.3) is 0 Å². The van der Waals surface area contributed by atoms with Crippen LogP contribution in [0.1, 0.15) is 26.7 Å². The standard InChI is InChI=1S/C16H19F3N4S.HI/c1-10-14(24-11(2)23-10)9-22-15(20-3)21-8-12-4-6-13(7-5-12)16(17,18)19;/h4-7H,8-9H2,1-3H3,(H2,20,21,22);1H. The van der Waals surface area contributed by atoms with Crippen molar-refractivity contribution in [2.24, 2.45) is 4.99 Å². The van der Waals surface area contributed by atoms with Gasteiger partial charge in [-0.25, -0.2) is 4.98 Å². The number of hydrogen-bond donors (Lipinski definition) is 2. The quantitative estimate of drug-likeness (QED) is 0.388. The summed E-state index contributed by atoms with van der Waals surface area (Å²) >= 11 is 1.62. The van der Waals surface area contributed by atoms with Gasteiger partial charge in [-0.05, 0) is 31.5 Å². The number of rotatable bonds is 4. The third-order valence-corrected chi connectivity index (χ3v) is 4.45. The molecule has 0 unspecified atom stereocenters. The SMILES string of the molecule is CN=C(NCc1ccc(C(F)(F)F)cc1)NCc1sc(C)nc1C.I. The Morgan fingerprint density at radius 3 is 2.20 bits per heavy atom. The maximum Gasteiger partial charge on any atom is 0.416 e. The molecule has 0 spiro atoms. The van der Waals surface area contributed by atoms with E-state index in [-0.39, 0.29) is 24.0 Å². The first-order chi connectivity index (χ1) is 11.3. The second kappa shape index (κ2) is 9.37. The molecule has 0 saturated heterocycles. The molecule has 0 radical (unpaired) electrons. The Bertz CT molecular complexity index is 711. The van der Waals surface area contributed by atoms with Crippen molar-refractivity contribution in [2.75, 3.05) is 7.05 Å². The van der Waals surface area contributed by atoms with Crippen LogP contribution in [0.3, 0.4) is 0 Å². The minimum atomic E-state index is -4.31. The zero-order chi connectivity index (χ0) is 17.7.